The molecule has 0 spiro atoms. The van der Waals surface area contributed by atoms with E-state index in [1.807, 2.05) is 24.5 Å². The van der Waals surface area contributed by atoms with Crippen molar-refractivity contribution < 1.29 is 0 Å². The highest BCUT2D eigenvalue weighted by molar-refractivity contribution is 6.25. The van der Waals surface area contributed by atoms with Gasteiger partial charge in [-0.05, 0) is 112 Å². The molecule has 3 nitrogen and oxygen atoms in total. The Morgan fingerprint density at radius 2 is 0.767 bits per heavy atom. The van der Waals surface area contributed by atoms with E-state index in [9.17, 15) is 0 Å². The van der Waals surface area contributed by atoms with Crippen molar-refractivity contribution in [1.82, 2.24) is 15.0 Å². The summed E-state index contributed by atoms with van der Waals surface area (Å²) in [6, 6.07) is 72.1. The van der Waals surface area contributed by atoms with E-state index in [2.05, 4.69) is 193 Å². The smallest absolute Gasteiger partial charge is 0.160 e. The average Bonchev–Trinajstić information content (AvgIpc) is 3.33. The summed E-state index contributed by atoms with van der Waals surface area (Å²) in [5.41, 5.74) is 11.8. The molecule has 0 aliphatic rings. The second-order valence-electron chi connectivity index (χ2n) is 15.6. The fourth-order valence-electron chi connectivity index (χ4n) is 9.15. The molecule has 0 radical (unpaired) electrons. The Balaban J connectivity index is 0.954. The van der Waals surface area contributed by atoms with Crippen LogP contribution in [0.4, 0.5) is 0 Å². The van der Waals surface area contributed by atoms with Gasteiger partial charge in [0.05, 0.1) is 11.4 Å². The van der Waals surface area contributed by atoms with Gasteiger partial charge in [0, 0.05) is 29.1 Å². The molecular weight excluding hydrogens is 727 g/mol. The molecule has 10 aromatic carbocycles. The van der Waals surface area contributed by atoms with E-state index in [0.29, 0.717) is 5.82 Å². The van der Waals surface area contributed by atoms with Crippen molar-refractivity contribution in [1.29, 1.82) is 0 Å². The first-order valence-corrected chi connectivity index (χ1v) is 20.4. The summed E-state index contributed by atoms with van der Waals surface area (Å²) in [5, 5.41) is 12.7. The molecule has 0 saturated heterocycles. The lowest BCUT2D eigenvalue weighted by Crippen LogP contribution is -1.96. The van der Waals surface area contributed by atoms with Gasteiger partial charge in [0.15, 0.2) is 5.82 Å². The quantitative estimate of drug-likeness (QED) is 0.158. The Labute approximate surface area is 347 Å². The monoisotopic (exact) mass is 761 g/mol. The van der Waals surface area contributed by atoms with Crippen molar-refractivity contribution in [3.63, 3.8) is 0 Å². The van der Waals surface area contributed by atoms with Gasteiger partial charge in [-0.25, -0.2) is 9.97 Å². The Morgan fingerprint density at radius 3 is 1.47 bits per heavy atom. The van der Waals surface area contributed by atoms with Crippen LogP contribution in [0.2, 0.25) is 0 Å². The molecule has 0 atom stereocenters. The van der Waals surface area contributed by atoms with Gasteiger partial charge in [-0.2, -0.15) is 0 Å². The summed E-state index contributed by atoms with van der Waals surface area (Å²) in [4.78, 5) is 14.7. The Hall–Kier alpha value is -8.01. The lowest BCUT2D eigenvalue weighted by Gasteiger charge is -2.15. The van der Waals surface area contributed by atoms with E-state index < -0.39 is 0 Å². The van der Waals surface area contributed by atoms with Crippen LogP contribution >= 0.6 is 0 Å². The highest BCUT2D eigenvalue weighted by Gasteiger charge is 2.15. The highest BCUT2D eigenvalue weighted by atomic mass is 14.9. The zero-order valence-electron chi connectivity index (χ0n) is 32.5. The molecule has 0 unspecified atom stereocenters. The number of rotatable bonds is 6. The molecule has 0 bridgehead atoms. The van der Waals surface area contributed by atoms with Gasteiger partial charge in [0.2, 0.25) is 0 Å². The summed E-state index contributed by atoms with van der Waals surface area (Å²) in [5.74, 6) is 0.687. The number of fused-ring (bicyclic) bond motifs is 3. The van der Waals surface area contributed by atoms with Crippen molar-refractivity contribution in [2.24, 2.45) is 0 Å². The second-order valence-corrected chi connectivity index (χ2v) is 15.6. The van der Waals surface area contributed by atoms with Crippen LogP contribution in [0, 0.1) is 0 Å². The molecule has 12 rings (SSSR count). The third-order valence-corrected chi connectivity index (χ3v) is 12.2. The molecule has 0 fully saturated rings. The number of aromatic nitrogens is 3. The molecule has 60 heavy (non-hydrogen) atoms. The van der Waals surface area contributed by atoms with Crippen LogP contribution in [-0.4, -0.2) is 15.0 Å². The summed E-state index contributed by atoms with van der Waals surface area (Å²) in [7, 11) is 0. The molecule has 0 saturated carbocycles. The van der Waals surface area contributed by atoms with E-state index in [1.54, 1.807) is 0 Å². The number of benzene rings is 10. The summed E-state index contributed by atoms with van der Waals surface area (Å²) < 4.78 is 0. The van der Waals surface area contributed by atoms with Crippen molar-refractivity contribution in [2.75, 3.05) is 0 Å². The topological polar surface area (TPSA) is 38.7 Å². The molecule has 0 aliphatic carbocycles. The summed E-state index contributed by atoms with van der Waals surface area (Å²) in [6.07, 6.45) is 3.66. The van der Waals surface area contributed by atoms with E-state index in [4.69, 9.17) is 9.97 Å². The number of hydrogen-bond acceptors (Lipinski definition) is 3. The van der Waals surface area contributed by atoms with Crippen molar-refractivity contribution in [3.05, 3.63) is 213 Å². The first kappa shape index (κ1) is 34.1. The van der Waals surface area contributed by atoms with E-state index in [0.717, 1.165) is 44.8 Å². The van der Waals surface area contributed by atoms with E-state index in [1.165, 1.54) is 70.6 Å². The molecule has 2 heterocycles. The first-order chi connectivity index (χ1) is 29.7. The van der Waals surface area contributed by atoms with Crippen LogP contribution < -0.4 is 0 Å². The maximum absolute atomic E-state index is 5.25. The van der Waals surface area contributed by atoms with E-state index in [-0.39, 0.29) is 0 Å². The van der Waals surface area contributed by atoms with Gasteiger partial charge >= 0.3 is 0 Å². The third kappa shape index (κ3) is 5.71. The minimum atomic E-state index is 0.687. The molecule has 0 amide bonds. The largest absolute Gasteiger partial charge is 0.265 e. The molecule has 3 heteroatoms. The lowest BCUT2D eigenvalue weighted by atomic mass is 9.89. The molecule has 12 aromatic rings. The lowest BCUT2D eigenvalue weighted by molar-refractivity contribution is 1.18. The Morgan fingerprint density at radius 1 is 0.267 bits per heavy atom. The van der Waals surface area contributed by atoms with Gasteiger partial charge in [-0.1, -0.05) is 176 Å². The van der Waals surface area contributed by atoms with Crippen LogP contribution in [0.5, 0.6) is 0 Å². The maximum atomic E-state index is 5.25. The molecule has 278 valence electrons. The number of hydrogen-bond donors (Lipinski definition) is 0. The van der Waals surface area contributed by atoms with Crippen LogP contribution in [0.15, 0.2) is 213 Å². The van der Waals surface area contributed by atoms with Crippen molar-refractivity contribution in [3.8, 4) is 67.3 Å². The van der Waals surface area contributed by atoms with Crippen LogP contribution in [-0.2, 0) is 0 Å². The van der Waals surface area contributed by atoms with Gasteiger partial charge in [-0.15, -0.1) is 0 Å². The average molecular weight is 762 g/mol. The highest BCUT2D eigenvalue weighted by Crippen LogP contribution is 2.40. The predicted octanol–water partition coefficient (Wildman–Crippen LogP) is 15.1. The fraction of sp³-hybridized carbons (Fsp3) is 0. The standard InChI is InChI=1S/C57H35N3/c1-2-9-47-46(6-1)34-52(50-11-4-3-10-49(47)50)39-16-24-45(25-17-39)57-59-53(40-18-12-36(13-19-40)37-30-32-58-33-31-37)35-54(60-57)41-20-14-38(15-21-41)48-28-26-44-23-22-42-7-5-8-43-27-29-51(48)56(44)55(42)43/h1-35H. The maximum Gasteiger partial charge on any atom is 0.160 e. The van der Waals surface area contributed by atoms with Crippen molar-refractivity contribution in [2.45, 2.75) is 0 Å². The predicted molar refractivity (Wildman–Crippen MR) is 251 cm³/mol. The SMILES string of the molecule is c1ccc2c(c1)cc(-c1ccc(-c3nc(-c4ccc(-c5ccncc5)cc4)cc(-c4ccc(-c5ccc6ccc7cccc8ccc5c6c78)cc4)n3)cc1)c1ccccc12. The minimum absolute atomic E-state index is 0.687. The second kappa shape index (κ2) is 13.8. The van der Waals surface area contributed by atoms with Gasteiger partial charge < -0.3 is 0 Å². The van der Waals surface area contributed by atoms with Gasteiger partial charge in [0.25, 0.3) is 0 Å². The fourth-order valence-corrected chi connectivity index (χ4v) is 9.15. The number of nitrogens with zero attached hydrogens (tertiary/aromatic N) is 3. The Bertz CT molecular complexity index is 3540. The molecule has 0 aliphatic heterocycles. The van der Waals surface area contributed by atoms with Gasteiger partial charge in [0.1, 0.15) is 0 Å². The minimum Gasteiger partial charge on any atom is -0.265 e. The van der Waals surface area contributed by atoms with Crippen LogP contribution in [0.25, 0.3) is 121 Å². The van der Waals surface area contributed by atoms with Gasteiger partial charge in [-0.3, -0.25) is 4.98 Å². The van der Waals surface area contributed by atoms with E-state index >= 15 is 0 Å². The summed E-state index contributed by atoms with van der Waals surface area (Å²) in [6.45, 7) is 0. The zero-order valence-corrected chi connectivity index (χ0v) is 32.5. The Kier molecular flexibility index (Phi) is 7.85. The molecular formula is C57H35N3. The van der Waals surface area contributed by atoms with Crippen LogP contribution in [0.1, 0.15) is 0 Å². The van der Waals surface area contributed by atoms with Crippen LogP contribution in [0.3, 0.4) is 0 Å². The third-order valence-electron chi connectivity index (χ3n) is 12.2. The zero-order chi connectivity index (χ0) is 39.6. The first-order valence-electron chi connectivity index (χ1n) is 20.4. The normalized spacial score (nSPS) is 11.7. The van der Waals surface area contributed by atoms with Crippen molar-refractivity contribution >= 4 is 53.9 Å². The molecule has 2 aromatic heterocycles. The number of pyridine rings is 1. The summed E-state index contributed by atoms with van der Waals surface area (Å²) >= 11 is 0. The molecule has 0 N–H and O–H groups in total.